The van der Waals surface area contributed by atoms with Crippen molar-refractivity contribution in [2.24, 2.45) is 11.1 Å². The molecule has 5 heteroatoms. The highest BCUT2D eigenvalue weighted by Gasteiger charge is 2.20. The molecule has 4 nitrogen and oxygen atoms in total. The molecule has 0 amide bonds. The summed E-state index contributed by atoms with van der Waals surface area (Å²) in [7, 11) is -1.52. The molecule has 1 atom stereocenters. The van der Waals surface area contributed by atoms with Crippen molar-refractivity contribution in [3.05, 3.63) is 29.8 Å². The van der Waals surface area contributed by atoms with Crippen molar-refractivity contribution in [2.75, 3.05) is 13.6 Å². The average Bonchev–Trinajstić information content (AvgIpc) is 2.90. The van der Waals surface area contributed by atoms with E-state index in [2.05, 4.69) is 18.9 Å². The molecule has 1 aromatic rings. The Balaban J connectivity index is 2.09. The van der Waals surface area contributed by atoms with Crippen LogP contribution < -0.4 is 5.14 Å². The van der Waals surface area contributed by atoms with E-state index in [1.165, 1.54) is 25.7 Å². The lowest BCUT2D eigenvalue weighted by molar-refractivity contribution is 0.221. The Morgan fingerprint density at radius 3 is 2.60 bits per heavy atom. The van der Waals surface area contributed by atoms with Crippen molar-refractivity contribution in [3.8, 4) is 0 Å². The summed E-state index contributed by atoms with van der Waals surface area (Å²) in [6.07, 6.45) is 5.31. The number of nitrogens with zero attached hydrogens (tertiary/aromatic N) is 1. The third-order valence-corrected chi connectivity index (χ3v) is 5.26. The zero-order valence-corrected chi connectivity index (χ0v) is 13.1. The van der Waals surface area contributed by atoms with E-state index in [0.29, 0.717) is 0 Å². The molecule has 0 aliphatic heterocycles. The van der Waals surface area contributed by atoms with Crippen molar-refractivity contribution in [1.82, 2.24) is 4.90 Å². The van der Waals surface area contributed by atoms with Gasteiger partial charge in [0.25, 0.3) is 0 Å². The van der Waals surface area contributed by atoms with E-state index in [9.17, 15) is 8.42 Å². The Hall–Kier alpha value is -0.910. The van der Waals surface area contributed by atoms with E-state index in [0.717, 1.165) is 18.0 Å². The summed E-state index contributed by atoms with van der Waals surface area (Å²) in [4.78, 5) is 2.49. The van der Waals surface area contributed by atoms with Crippen LogP contribution in [0.5, 0.6) is 0 Å². The minimum Gasteiger partial charge on any atom is -0.299 e. The summed E-state index contributed by atoms with van der Waals surface area (Å²) in [6.45, 7) is 3.18. The van der Waals surface area contributed by atoms with Crippen LogP contribution >= 0.6 is 0 Å². The maximum absolute atomic E-state index is 11.4. The van der Waals surface area contributed by atoms with Gasteiger partial charge in [-0.25, -0.2) is 13.6 Å². The fraction of sp³-hybridized carbons (Fsp3) is 0.600. The van der Waals surface area contributed by atoms with Crippen molar-refractivity contribution >= 4 is 10.0 Å². The van der Waals surface area contributed by atoms with Crippen LogP contribution in [0.2, 0.25) is 0 Å². The van der Waals surface area contributed by atoms with E-state index in [4.69, 9.17) is 5.14 Å². The number of primary sulfonamides is 1. The maximum atomic E-state index is 11.4. The number of sulfonamides is 1. The lowest BCUT2D eigenvalue weighted by Gasteiger charge is -2.28. The molecule has 2 rings (SSSR count). The van der Waals surface area contributed by atoms with Gasteiger partial charge in [0.05, 0.1) is 4.90 Å². The topological polar surface area (TPSA) is 63.4 Å². The number of hydrogen-bond donors (Lipinski definition) is 1. The molecule has 0 spiro atoms. The first-order chi connectivity index (χ1) is 9.38. The Morgan fingerprint density at radius 2 is 2.00 bits per heavy atom. The van der Waals surface area contributed by atoms with Gasteiger partial charge >= 0.3 is 0 Å². The third-order valence-electron chi connectivity index (χ3n) is 4.35. The van der Waals surface area contributed by atoms with E-state index < -0.39 is 10.0 Å². The summed E-state index contributed by atoms with van der Waals surface area (Å²) < 4.78 is 22.8. The molecule has 0 bridgehead atoms. The second-order valence-corrected chi connectivity index (χ2v) is 7.44. The van der Waals surface area contributed by atoms with Gasteiger partial charge in [0.1, 0.15) is 0 Å². The highest BCUT2D eigenvalue weighted by Crippen LogP contribution is 2.28. The van der Waals surface area contributed by atoms with Crippen LogP contribution in [0.3, 0.4) is 0 Å². The van der Waals surface area contributed by atoms with E-state index in [1.54, 1.807) is 18.2 Å². The average molecular weight is 296 g/mol. The first-order valence-corrected chi connectivity index (χ1v) is 8.75. The van der Waals surface area contributed by atoms with Gasteiger partial charge in [-0.05, 0) is 50.4 Å². The highest BCUT2D eigenvalue weighted by molar-refractivity contribution is 7.89. The molecule has 0 radical (unpaired) electrons. The fourth-order valence-electron chi connectivity index (χ4n) is 2.96. The number of nitrogens with two attached hydrogens (primary N) is 1. The van der Waals surface area contributed by atoms with Crippen LogP contribution in [-0.4, -0.2) is 26.9 Å². The molecule has 1 aliphatic rings. The Bertz CT molecular complexity index is 551. The monoisotopic (exact) mass is 296 g/mol. The molecule has 0 heterocycles. The molecular formula is C15H24N2O2S. The normalized spacial score (nSPS) is 18.6. The first-order valence-electron chi connectivity index (χ1n) is 7.21. The summed E-state index contributed by atoms with van der Waals surface area (Å²) in [5.74, 6) is 0.781. The lowest BCUT2D eigenvalue weighted by Crippen LogP contribution is -2.27. The minimum absolute atomic E-state index is 0.191. The van der Waals surface area contributed by atoms with Gasteiger partial charge in [-0.1, -0.05) is 25.0 Å². The molecular weight excluding hydrogens is 272 g/mol. The van der Waals surface area contributed by atoms with Crippen molar-refractivity contribution in [1.29, 1.82) is 0 Å². The van der Waals surface area contributed by atoms with Crippen LogP contribution in [-0.2, 0) is 10.0 Å². The number of hydrogen-bond acceptors (Lipinski definition) is 3. The quantitative estimate of drug-likeness (QED) is 0.908. The summed E-state index contributed by atoms with van der Waals surface area (Å²) in [5.41, 5.74) is 0.997. The van der Waals surface area contributed by atoms with Crippen LogP contribution in [0, 0.1) is 5.92 Å². The summed E-state index contributed by atoms with van der Waals surface area (Å²) >= 11 is 0. The van der Waals surface area contributed by atoms with Crippen LogP contribution in [0.15, 0.2) is 29.2 Å². The second-order valence-electron chi connectivity index (χ2n) is 5.88. The zero-order valence-electron chi connectivity index (χ0n) is 12.2. The molecule has 1 aromatic carbocycles. The van der Waals surface area contributed by atoms with E-state index >= 15 is 0 Å². The molecule has 1 fully saturated rings. The second kappa shape index (κ2) is 6.24. The first kappa shape index (κ1) is 15.5. The lowest BCUT2D eigenvalue weighted by atomic mass is 10.0. The molecule has 112 valence electrons. The largest absolute Gasteiger partial charge is 0.299 e. The molecule has 1 saturated carbocycles. The summed E-state index contributed by atoms with van der Waals surface area (Å²) in [5, 5.41) is 5.19. The van der Waals surface area contributed by atoms with Crippen LogP contribution in [0.25, 0.3) is 0 Å². The fourth-order valence-corrected chi connectivity index (χ4v) is 3.53. The van der Waals surface area contributed by atoms with Gasteiger partial charge in [0, 0.05) is 12.6 Å². The molecule has 1 aliphatic carbocycles. The molecule has 0 saturated heterocycles. The third kappa shape index (κ3) is 3.81. The van der Waals surface area contributed by atoms with Crippen molar-refractivity contribution < 1.29 is 8.42 Å². The van der Waals surface area contributed by atoms with Gasteiger partial charge in [-0.2, -0.15) is 0 Å². The summed E-state index contributed by atoms with van der Waals surface area (Å²) in [6, 6.07) is 7.14. The maximum Gasteiger partial charge on any atom is 0.238 e. The van der Waals surface area contributed by atoms with Crippen molar-refractivity contribution in [3.63, 3.8) is 0 Å². The molecule has 0 unspecified atom stereocenters. The number of rotatable bonds is 5. The number of benzene rings is 1. The standard InChI is InChI=1S/C15H24N2O2S/c1-12(17(2)11-13-6-3-4-7-13)14-8-5-9-15(10-14)20(16,18)19/h5,8-10,12-13H,3-4,6-7,11H2,1-2H3,(H2,16,18,19)/t12-/m0/s1. The van der Waals surface area contributed by atoms with Gasteiger partial charge in [-0.15, -0.1) is 0 Å². The van der Waals surface area contributed by atoms with Gasteiger partial charge < -0.3 is 0 Å². The Labute approximate surface area is 122 Å². The molecule has 2 N–H and O–H groups in total. The Morgan fingerprint density at radius 1 is 1.35 bits per heavy atom. The molecule has 20 heavy (non-hydrogen) atoms. The SMILES string of the molecule is C[C@@H](c1cccc(S(N)(=O)=O)c1)N(C)CC1CCCC1. The van der Waals surface area contributed by atoms with Gasteiger partial charge in [0.2, 0.25) is 10.0 Å². The Kier molecular flexibility index (Phi) is 4.83. The van der Waals surface area contributed by atoms with Crippen LogP contribution in [0.4, 0.5) is 0 Å². The predicted octanol–water partition coefficient (Wildman–Crippen LogP) is 2.52. The van der Waals surface area contributed by atoms with Gasteiger partial charge in [-0.3, -0.25) is 4.90 Å². The molecule has 0 aromatic heterocycles. The predicted molar refractivity (Wildman–Crippen MR) is 80.8 cm³/mol. The van der Waals surface area contributed by atoms with Crippen molar-refractivity contribution in [2.45, 2.75) is 43.5 Å². The van der Waals surface area contributed by atoms with E-state index in [1.807, 2.05) is 6.07 Å². The smallest absolute Gasteiger partial charge is 0.238 e. The van der Waals surface area contributed by atoms with Crippen LogP contribution in [0.1, 0.15) is 44.2 Å². The zero-order chi connectivity index (χ0) is 14.8. The minimum atomic E-state index is -3.63. The van der Waals surface area contributed by atoms with E-state index in [-0.39, 0.29) is 10.9 Å². The highest BCUT2D eigenvalue weighted by atomic mass is 32.2. The van der Waals surface area contributed by atoms with Gasteiger partial charge in [0.15, 0.2) is 0 Å².